The van der Waals surface area contributed by atoms with Crippen LogP contribution in [-0.4, -0.2) is 9.55 Å². The second-order valence-electron chi connectivity index (χ2n) is 4.85. The smallest absolute Gasteiger partial charge is 0.297 e. The number of hydrogen-bond acceptors (Lipinski definition) is 2. The van der Waals surface area contributed by atoms with E-state index < -0.39 is 0 Å². The number of nitrogens with zero attached hydrogens (tertiary/aromatic N) is 2. The van der Waals surface area contributed by atoms with E-state index in [1.165, 1.54) is 0 Å². The molecule has 0 radical (unpaired) electrons. The lowest BCUT2D eigenvalue weighted by molar-refractivity contribution is 0.524. The van der Waals surface area contributed by atoms with E-state index >= 15 is 0 Å². The Bertz CT molecular complexity index is 372. The van der Waals surface area contributed by atoms with E-state index in [0.29, 0.717) is 0 Å². The Balaban J connectivity index is 3.21. The largest absolute Gasteiger partial charge is 0.348 e. The van der Waals surface area contributed by atoms with Crippen molar-refractivity contribution in [3.8, 4) is 0 Å². The van der Waals surface area contributed by atoms with Crippen molar-refractivity contribution in [1.82, 2.24) is 9.55 Å². The van der Waals surface area contributed by atoms with Crippen LogP contribution in [0.5, 0.6) is 0 Å². The minimum atomic E-state index is -0.160. The molecule has 0 atom stereocenters. The highest BCUT2D eigenvalue weighted by atomic mass is 16.1. The van der Waals surface area contributed by atoms with Gasteiger partial charge in [-0.3, -0.25) is 4.57 Å². The molecule has 1 aromatic rings. The highest BCUT2D eigenvalue weighted by Gasteiger charge is 2.16. The second kappa shape index (κ2) is 3.56. The van der Waals surface area contributed by atoms with Gasteiger partial charge in [-0.1, -0.05) is 20.8 Å². The molecule has 3 heteroatoms. The van der Waals surface area contributed by atoms with Crippen molar-refractivity contribution >= 4 is 0 Å². The molecule has 0 fully saturated rings. The van der Waals surface area contributed by atoms with Crippen LogP contribution in [0.4, 0.5) is 0 Å². The van der Waals surface area contributed by atoms with Gasteiger partial charge in [0, 0.05) is 17.7 Å². The quantitative estimate of drug-likeness (QED) is 0.686. The fourth-order valence-corrected chi connectivity index (χ4v) is 1.22. The van der Waals surface area contributed by atoms with Gasteiger partial charge >= 0.3 is 5.69 Å². The highest BCUT2D eigenvalue weighted by molar-refractivity contribution is 5.10. The fourth-order valence-electron chi connectivity index (χ4n) is 1.22. The molecule has 3 nitrogen and oxygen atoms in total. The summed E-state index contributed by atoms with van der Waals surface area (Å²) in [6, 6.07) is 2.09. The lowest BCUT2D eigenvalue weighted by Crippen LogP contribution is -2.28. The summed E-state index contributed by atoms with van der Waals surface area (Å²) in [5, 5.41) is 0. The Morgan fingerprint density at radius 2 is 1.93 bits per heavy atom. The van der Waals surface area contributed by atoms with Gasteiger partial charge in [0.25, 0.3) is 0 Å². The molecule has 0 saturated heterocycles. The lowest BCUT2D eigenvalue weighted by Gasteiger charge is -2.18. The molecule has 0 aliphatic carbocycles. The van der Waals surface area contributed by atoms with Crippen LogP contribution in [0.15, 0.2) is 17.1 Å². The number of hydrogen-bond donors (Lipinski definition) is 0. The summed E-state index contributed by atoms with van der Waals surface area (Å²) in [6.45, 7) is 10.1. The Labute approximate surface area is 84.8 Å². The molecule has 0 bridgehead atoms. The molecular formula is C11H18N2O. The van der Waals surface area contributed by atoms with Crippen LogP contribution >= 0.6 is 0 Å². The third-order valence-electron chi connectivity index (χ3n) is 2.15. The van der Waals surface area contributed by atoms with E-state index in [2.05, 4.69) is 25.8 Å². The summed E-state index contributed by atoms with van der Waals surface area (Å²) in [7, 11) is 0. The molecule has 1 rings (SSSR count). The first kappa shape index (κ1) is 11.0. The van der Waals surface area contributed by atoms with E-state index in [9.17, 15) is 4.79 Å². The van der Waals surface area contributed by atoms with Gasteiger partial charge in [-0.05, 0) is 19.9 Å². The van der Waals surface area contributed by atoms with Gasteiger partial charge < -0.3 is 0 Å². The van der Waals surface area contributed by atoms with Crippen LogP contribution < -0.4 is 5.69 Å². The molecule has 0 aromatic carbocycles. The van der Waals surface area contributed by atoms with Gasteiger partial charge in [0.15, 0.2) is 0 Å². The van der Waals surface area contributed by atoms with Crippen molar-refractivity contribution in [2.24, 2.45) is 0 Å². The average Bonchev–Trinajstić information content (AvgIpc) is 2.01. The zero-order valence-electron chi connectivity index (χ0n) is 9.53. The minimum Gasteiger partial charge on any atom is -0.297 e. The van der Waals surface area contributed by atoms with Crippen molar-refractivity contribution in [3.05, 3.63) is 28.4 Å². The first-order chi connectivity index (χ1) is 6.32. The highest BCUT2D eigenvalue weighted by Crippen LogP contribution is 2.18. The van der Waals surface area contributed by atoms with Crippen LogP contribution in [0.25, 0.3) is 0 Å². The summed E-state index contributed by atoms with van der Waals surface area (Å²) in [5.74, 6) is 0. The molecule has 0 aliphatic heterocycles. The third-order valence-corrected chi connectivity index (χ3v) is 2.15. The molecule has 0 spiro atoms. The standard InChI is InChI=1S/C11H18N2O/c1-8(2)13-7-6-9(11(3,4)5)12-10(13)14/h6-8H,1-5H3. The molecule has 0 unspecified atom stereocenters. The van der Waals surface area contributed by atoms with Gasteiger partial charge in [0.2, 0.25) is 0 Å². The lowest BCUT2D eigenvalue weighted by atomic mass is 9.92. The molecule has 14 heavy (non-hydrogen) atoms. The Hall–Kier alpha value is -1.12. The first-order valence-corrected chi connectivity index (χ1v) is 4.92. The van der Waals surface area contributed by atoms with Crippen molar-refractivity contribution in [1.29, 1.82) is 0 Å². The van der Waals surface area contributed by atoms with E-state index in [0.717, 1.165) is 5.69 Å². The molecule has 0 amide bonds. The Morgan fingerprint density at radius 1 is 1.36 bits per heavy atom. The monoisotopic (exact) mass is 194 g/mol. The van der Waals surface area contributed by atoms with Crippen LogP contribution in [0, 0.1) is 0 Å². The molecule has 78 valence electrons. The summed E-state index contributed by atoms with van der Waals surface area (Å²) < 4.78 is 1.63. The second-order valence-corrected chi connectivity index (χ2v) is 4.85. The van der Waals surface area contributed by atoms with Crippen LogP contribution in [0.3, 0.4) is 0 Å². The van der Waals surface area contributed by atoms with Crippen LogP contribution in [-0.2, 0) is 5.41 Å². The molecule has 1 heterocycles. The van der Waals surface area contributed by atoms with Gasteiger partial charge in [0.1, 0.15) is 0 Å². The summed E-state index contributed by atoms with van der Waals surface area (Å²) >= 11 is 0. The summed E-state index contributed by atoms with van der Waals surface area (Å²) in [5.41, 5.74) is 0.627. The first-order valence-electron chi connectivity index (χ1n) is 4.92. The summed E-state index contributed by atoms with van der Waals surface area (Å²) in [6.07, 6.45) is 1.82. The van der Waals surface area contributed by atoms with Gasteiger partial charge in [-0.25, -0.2) is 4.79 Å². The number of rotatable bonds is 1. The SMILES string of the molecule is CC(C)n1ccc(C(C)(C)C)nc1=O. The molecular weight excluding hydrogens is 176 g/mol. The maximum atomic E-state index is 11.6. The predicted octanol–water partition coefficient (Wildman–Crippen LogP) is 2.12. The maximum absolute atomic E-state index is 11.6. The van der Waals surface area contributed by atoms with E-state index in [1.54, 1.807) is 4.57 Å². The van der Waals surface area contributed by atoms with Crippen molar-refractivity contribution in [3.63, 3.8) is 0 Å². The van der Waals surface area contributed by atoms with Gasteiger partial charge in [-0.15, -0.1) is 0 Å². The van der Waals surface area contributed by atoms with Gasteiger partial charge in [0.05, 0.1) is 5.69 Å². The molecule has 0 N–H and O–H groups in total. The fraction of sp³-hybridized carbons (Fsp3) is 0.636. The Kier molecular flexibility index (Phi) is 2.79. The van der Waals surface area contributed by atoms with Crippen LogP contribution in [0.2, 0.25) is 0 Å². The van der Waals surface area contributed by atoms with Crippen molar-refractivity contribution in [2.45, 2.75) is 46.1 Å². The number of aromatic nitrogens is 2. The van der Waals surface area contributed by atoms with Crippen LogP contribution in [0.1, 0.15) is 46.4 Å². The average molecular weight is 194 g/mol. The van der Waals surface area contributed by atoms with Crippen molar-refractivity contribution in [2.75, 3.05) is 0 Å². The zero-order chi connectivity index (χ0) is 10.9. The van der Waals surface area contributed by atoms with E-state index in [1.807, 2.05) is 26.1 Å². The third kappa shape index (κ3) is 2.22. The topological polar surface area (TPSA) is 34.9 Å². The minimum absolute atomic E-state index is 0.0603. The normalized spacial score (nSPS) is 12.1. The molecule has 0 aliphatic rings. The maximum Gasteiger partial charge on any atom is 0.348 e. The van der Waals surface area contributed by atoms with E-state index in [4.69, 9.17) is 0 Å². The summed E-state index contributed by atoms with van der Waals surface area (Å²) in [4.78, 5) is 15.7. The predicted molar refractivity (Wildman–Crippen MR) is 57.6 cm³/mol. The van der Waals surface area contributed by atoms with Gasteiger partial charge in [-0.2, -0.15) is 4.98 Å². The Morgan fingerprint density at radius 3 is 2.29 bits per heavy atom. The zero-order valence-corrected chi connectivity index (χ0v) is 9.53. The van der Waals surface area contributed by atoms with E-state index in [-0.39, 0.29) is 17.1 Å². The molecule has 1 aromatic heterocycles. The van der Waals surface area contributed by atoms with Crippen molar-refractivity contribution < 1.29 is 0 Å². The molecule has 0 saturated carbocycles.